The molecule has 0 saturated carbocycles. The highest BCUT2D eigenvalue weighted by Crippen LogP contribution is 2.36. The summed E-state index contributed by atoms with van der Waals surface area (Å²) < 4.78 is 13.1. The molecular formula is C28H33N7O3. The lowest BCUT2D eigenvalue weighted by atomic mass is 10.1. The largest absolute Gasteiger partial charge is 0.497 e. The Hall–Kier alpha value is -4.57. The average molecular weight is 516 g/mol. The summed E-state index contributed by atoms with van der Waals surface area (Å²) in [5, 5.41) is 7.49. The highest BCUT2D eigenvalue weighted by Gasteiger charge is 2.16. The number of amides is 1. The standard InChI is InChI=1S/C28H33N7O3/c1-30-12-13-34(2)24-16-26(38-5)23(14-18(24)6-9-27(29)36)33-28-31-11-10-22(32-28)21-17-35(3)25-15-19(37-4)7-8-20(21)25/h6-11,14-17,30H,12-13H2,1-5H3,(H2,29,36)(H,31,32,33). The molecule has 0 atom stereocenters. The van der Waals surface area contributed by atoms with E-state index in [4.69, 9.17) is 20.2 Å². The summed E-state index contributed by atoms with van der Waals surface area (Å²) in [6.45, 7) is 1.55. The first-order valence-electron chi connectivity index (χ1n) is 12.1. The molecule has 0 unspecified atom stereocenters. The molecule has 10 heteroatoms. The second kappa shape index (κ2) is 11.7. The van der Waals surface area contributed by atoms with Crippen molar-refractivity contribution in [2.45, 2.75) is 0 Å². The number of fused-ring (bicyclic) bond motifs is 1. The van der Waals surface area contributed by atoms with Gasteiger partial charge in [0, 0.05) is 80.0 Å². The van der Waals surface area contributed by atoms with Crippen LogP contribution in [0.5, 0.6) is 11.5 Å². The maximum atomic E-state index is 11.5. The van der Waals surface area contributed by atoms with Crippen molar-refractivity contribution in [2.24, 2.45) is 12.8 Å². The number of anilines is 3. The number of likely N-dealkylation sites (N-methyl/N-ethyl adjacent to an activating group) is 2. The average Bonchev–Trinajstić information content (AvgIpc) is 3.26. The summed E-state index contributed by atoms with van der Waals surface area (Å²) in [6, 6.07) is 11.7. The fourth-order valence-corrected chi connectivity index (χ4v) is 4.27. The normalized spacial score (nSPS) is 11.2. The predicted octanol–water partition coefficient (Wildman–Crippen LogP) is 3.55. The molecular weight excluding hydrogens is 482 g/mol. The predicted molar refractivity (Wildman–Crippen MR) is 152 cm³/mol. The van der Waals surface area contributed by atoms with Crippen molar-refractivity contribution in [1.82, 2.24) is 19.9 Å². The Morgan fingerprint density at radius 2 is 2.00 bits per heavy atom. The molecule has 4 N–H and O–H groups in total. The molecule has 2 aromatic heterocycles. The van der Waals surface area contributed by atoms with Gasteiger partial charge in [-0.15, -0.1) is 0 Å². The third-order valence-electron chi connectivity index (χ3n) is 6.26. The molecule has 0 saturated heterocycles. The van der Waals surface area contributed by atoms with Gasteiger partial charge in [0.15, 0.2) is 0 Å². The Bertz CT molecular complexity index is 1480. The highest BCUT2D eigenvalue weighted by molar-refractivity contribution is 5.96. The second-order valence-electron chi connectivity index (χ2n) is 8.80. The van der Waals surface area contributed by atoms with Crippen LogP contribution in [0.3, 0.4) is 0 Å². The maximum absolute atomic E-state index is 11.5. The number of nitrogens with zero attached hydrogens (tertiary/aromatic N) is 4. The van der Waals surface area contributed by atoms with E-state index in [1.54, 1.807) is 26.5 Å². The number of primary amides is 1. The third kappa shape index (κ3) is 5.70. The van der Waals surface area contributed by atoms with Gasteiger partial charge >= 0.3 is 0 Å². The van der Waals surface area contributed by atoms with Gasteiger partial charge in [0.25, 0.3) is 0 Å². The monoisotopic (exact) mass is 515 g/mol. The van der Waals surface area contributed by atoms with E-state index in [1.165, 1.54) is 6.08 Å². The van der Waals surface area contributed by atoms with E-state index >= 15 is 0 Å². The zero-order valence-corrected chi connectivity index (χ0v) is 22.3. The lowest BCUT2D eigenvalue weighted by molar-refractivity contribution is -0.113. The Morgan fingerprint density at radius 1 is 1.18 bits per heavy atom. The van der Waals surface area contributed by atoms with Crippen LogP contribution >= 0.6 is 0 Å². The summed E-state index contributed by atoms with van der Waals surface area (Å²) in [5.41, 5.74) is 10.5. The van der Waals surface area contributed by atoms with Crippen LogP contribution in [0.4, 0.5) is 17.3 Å². The SMILES string of the molecule is CNCCN(C)c1cc(OC)c(Nc2nccc(-c3cn(C)c4cc(OC)ccc34)n2)cc1C=CC(N)=O. The molecule has 10 nitrogen and oxygen atoms in total. The number of methoxy groups -OCH3 is 2. The van der Waals surface area contributed by atoms with E-state index in [9.17, 15) is 4.79 Å². The molecule has 198 valence electrons. The second-order valence-corrected chi connectivity index (χ2v) is 8.80. The molecule has 2 heterocycles. The smallest absolute Gasteiger partial charge is 0.241 e. The van der Waals surface area contributed by atoms with Crippen LogP contribution in [0.1, 0.15) is 5.56 Å². The molecule has 0 fully saturated rings. The summed E-state index contributed by atoms with van der Waals surface area (Å²) >= 11 is 0. The number of carbonyl (C=O) groups excluding carboxylic acids is 1. The van der Waals surface area contributed by atoms with Gasteiger partial charge in [0.05, 0.1) is 31.1 Å². The van der Waals surface area contributed by atoms with Crippen molar-refractivity contribution in [3.8, 4) is 22.8 Å². The molecule has 0 spiro atoms. The number of aromatic nitrogens is 3. The number of rotatable bonds is 11. The topological polar surface area (TPSA) is 120 Å². The van der Waals surface area contributed by atoms with Gasteiger partial charge < -0.3 is 35.3 Å². The number of hydrogen-bond acceptors (Lipinski definition) is 8. The van der Waals surface area contributed by atoms with Gasteiger partial charge in [0.2, 0.25) is 11.9 Å². The number of nitrogens with one attached hydrogen (secondary N) is 2. The van der Waals surface area contributed by atoms with Crippen molar-refractivity contribution in [3.05, 3.63) is 60.4 Å². The van der Waals surface area contributed by atoms with Gasteiger partial charge in [-0.1, -0.05) is 0 Å². The minimum absolute atomic E-state index is 0.410. The first-order valence-corrected chi connectivity index (χ1v) is 12.1. The number of nitrogens with two attached hydrogens (primary N) is 1. The van der Waals surface area contributed by atoms with Crippen LogP contribution in [0.15, 0.2) is 54.9 Å². The molecule has 0 radical (unpaired) electrons. The van der Waals surface area contributed by atoms with Crippen LogP contribution < -0.4 is 30.7 Å². The molecule has 0 aliphatic rings. The zero-order valence-electron chi connectivity index (χ0n) is 22.3. The number of benzene rings is 2. The Kier molecular flexibility index (Phi) is 8.12. The third-order valence-corrected chi connectivity index (χ3v) is 6.26. The Morgan fingerprint density at radius 3 is 2.71 bits per heavy atom. The van der Waals surface area contributed by atoms with E-state index in [0.717, 1.165) is 52.3 Å². The minimum atomic E-state index is -0.525. The van der Waals surface area contributed by atoms with Crippen molar-refractivity contribution >= 4 is 40.2 Å². The van der Waals surface area contributed by atoms with Gasteiger partial charge in [-0.05, 0) is 37.4 Å². The number of aryl methyl sites for hydroxylation is 1. The lowest BCUT2D eigenvalue weighted by Crippen LogP contribution is -2.27. The molecule has 0 aliphatic carbocycles. The van der Waals surface area contributed by atoms with E-state index in [-0.39, 0.29) is 0 Å². The quantitative estimate of drug-likeness (QED) is 0.260. The van der Waals surface area contributed by atoms with Crippen LogP contribution in [-0.4, -0.2) is 61.8 Å². The highest BCUT2D eigenvalue weighted by atomic mass is 16.5. The molecule has 38 heavy (non-hydrogen) atoms. The molecule has 4 aromatic rings. The summed E-state index contributed by atoms with van der Waals surface area (Å²) in [7, 11) is 9.14. The number of ether oxygens (including phenoxy) is 2. The van der Waals surface area contributed by atoms with Crippen molar-refractivity contribution in [1.29, 1.82) is 0 Å². The van der Waals surface area contributed by atoms with Crippen molar-refractivity contribution in [2.75, 3.05) is 51.6 Å². The Labute approximate surface area is 222 Å². The lowest BCUT2D eigenvalue weighted by Gasteiger charge is -2.23. The minimum Gasteiger partial charge on any atom is -0.497 e. The molecule has 0 bridgehead atoms. The van der Waals surface area contributed by atoms with Crippen LogP contribution in [0, 0.1) is 0 Å². The summed E-state index contributed by atoms with van der Waals surface area (Å²) in [4.78, 5) is 22.8. The van der Waals surface area contributed by atoms with E-state index in [1.807, 2.05) is 68.3 Å². The fraction of sp³-hybridized carbons (Fsp3) is 0.250. The first-order chi connectivity index (χ1) is 18.3. The van der Waals surface area contributed by atoms with Gasteiger partial charge in [-0.25, -0.2) is 9.97 Å². The van der Waals surface area contributed by atoms with Crippen molar-refractivity contribution in [3.63, 3.8) is 0 Å². The van der Waals surface area contributed by atoms with E-state index in [0.29, 0.717) is 17.4 Å². The van der Waals surface area contributed by atoms with Crippen LogP contribution in [0.25, 0.3) is 28.2 Å². The fourth-order valence-electron chi connectivity index (χ4n) is 4.27. The summed E-state index contributed by atoms with van der Waals surface area (Å²) in [6.07, 6.45) is 6.79. The first kappa shape index (κ1) is 26.5. The van der Waals surface area contributed by atoms with Crippen LogP contribution in [0.2, 0.25) is 0 Å². The van der Waals surface area contributed by atoms with E-state index in [2.05, 4.69) is 20.5 Å². The summed E-state index contributed by atoms with van der Waals surface area (Å²) in [5.74, 6) is 1.29. The zero-order chi connectivity index (χ0) is 27.2. The van der Waals surface area contributed by atoms with Gasteiger partial charge in [-0.3, -0.25) is 4.79 Å². The molecule has 2 aromatic carbocycles. The van der Waals surface area contributed by atoms with Crippen LogP contribution in [-0.2, 0) is 11.8 Å². The van der Waals surface area contributed by atoms with Gasteiger partial charge in [-0.2, -0.15) is 0 Å². The van der Waals surface area contributed by atoms with Crippen molar-refractivity contribution < 1.29 is 14.3 Å². The molecule has 0 aliphatic heterocycles. The molecule has 4 rings (SSSR count). The number of carbonyl (C=O) groups is 1. The Balaban J connectivity index is 1.72. The maximum Gasteiger partial charge on any atom is 0.241 e. The molecule has 1 amide bonds. The van der Waals surface area contributed by atoms with Gasteiger partial charge in [0.1, 0.15) is 11.5 Å². The van der Waals surface area contributed by atoms with E-state index < -0.39 is 5.91 Å². The number of hydrogen-bond donors (Lipinski definition) is 3.